The van der Waals surface area contributed by atoms with Crippen LogP contribution in [0.25, 0.3) is 10.6 Å². The van der Waals surface area contributed by atoms with Gasteiger partial charge in [0.1, 0.15) is 16.6 Å². The van der Waals surface area contributed by atoms with Gasteiger partial charge in [0.2, 0.25) is 0 Å². The van der Waals surface area contributed by atoms with Crippen molar-refractivity contribution in [2.75, 3.05) is 5.32 Å². The molecule has 0 aliphatic rings. The van der Waals surface area contributed by atoms with E-state index in [-0.39, 0.29) is 6.04 Å². The third-order valence-corrected chi connectivity index (χ3v) is 4.82. The molecule has 0 bridgehead atoms. The third kappa shape index (κ3) is 3.77. The summed E-state index contributed by atoms with van der Waals surface area (Å²) >= 11 is 1.60. The normalized spacial score (nSPS) is 12.4. The highest BCUT2D eigenvalue weighted by Gasteiger charge is 2.15. The van der Waals surface area contributed by atoms with Crippen molar-refractivity contribution in [2.24, 2.45) is 11.7 Å². The number of anilines is 2. The molecule has 3 heterocycles. The molecule has 24 heavy (non-hydrogen) atoms. The number of hydrogen-bond donors (Lipinski definition) is 2. The van der Waals surface area contributed by atoms with Crippen LogP contribution in [0.15, 0.2) is 42.7 Å². The van der Waals surface area contributed by atoms with Gasteiger partial charge < -0.3 is 11.1 Å². The van der Waals surface area contributed by atoms with Gasteiger partial charge in [0.25, 0.3) is 0 Å². The van der Waals surface area contributed by atoms with Crippen LogP contribution in [0, 0.1) is 12.8 Å². The van der Waals surface area contributed by atoms with E-state index < -0.39 is 0 Å². The van der Waals surface area contributed by atoms with Crippen LogP contribution in [0.1, 0.15) is 30.5 Å². The number of aromatic nitrogens is 3. The van der Waals surface area contributed by atoms with Crippen LogP contribution in [-0.2, 0) is 0 Å². The van der Waals surface area contributed by atoms with Crippen LogP contribution >= 0.6 is 11.3 Å². The second-order valence-electron chi connectivity index (χ2n) is 6.08. The van der Waals surface area contributed by atoms with Gasteiger partial charge >= 0.3 is 0 Å². The molecule has 0 saturated heterocycles. The molecular weight excluding hydrogens is 318 g/mol. The summed E-state index contributed by atoms with van der Waals surface area (Å²) in [5.41, 5.74) is 8.22. The Morgan fingerprint density at radius 1 is 1.12 bits per heavy atom. The minimum absolute atomic E-state index is 0.0402. The van der Waals surface area contributed by atoms with Crippen LogP contribution in [0.2, 0.25) is 0 Å². The van der Waals surface area contributed by atoms with Gasteiger partial charge in [-0.25, -0.2) is 15.0 Å². The molecular formula is C18H21N5S. The van der Waals surface area contributed by atoms with E-state index in [1.54, 1.807) is 17.5 Å². The number of aryl methyl sites for hydroxylation is 1. The minimum Gasteiger partial charge on any atom is -0.325 e. The lowest BCUT2D eigenvalue weighted by Crippen LogP contribution is -2.16. The molecule has 124 valence electrons. The average Bonchev–Trinajstić information content (AvgIpc) is 3.04. The maximum Gasteiger partial charge on any atom is 0.132 e. The van der Waals surface area contributed by atoms with Gasteiger partial charge in [-0.05, 0) is 42.7 Å². The number of rotatable bonds is 5. The summed E-state index contributed by atoms with van der Waals surface area (Å²) in [6, 6.07) is 9.79. The molecule has 0 saturated carbocycles. The summed E-state index contributed by atoms with van der Waals surface area (Å²) in [6.45, 7) is 6.24. The first-order valence-corrected chi connectivity index (χ1v) is 8.73. The Morgan fingerprint density at radius 2 is 1.96 bits per heavy atom. The Balaban J connectivity index is 1.83. The molecule has 0 amide bonds. The molecule has 3 aromatic heterocycles. The lowest BCUT2D eigenvalue weighted by molar-refractivity contribution is 0.512. The Morgan fingerprint density at radius 3 is 2.71 bits per heavy atom. The number of nitrogens with two attached hydrogens (primary N) is 1. The lowest BCUT2D eigenvalue weighted by atomic mass is 10.1. The van der Waals surface area contributed by atoms with E-state index in [1.165, 1.54) is 0 Å². The minimum atomic E-state index is -0.0402. The molecule has 0 unspecified atom stereocenters. The SMILES string of the molecule is Cc1ccnc(Nc2cccc(-c3cnc([C@@H](N)C(C)C)s3)n2)c1. The van der Waals surface area contributed by atoms with Crippen molar-refractivity contribution in [2.45, 2.75) is 26.8 Å². The van der Waals surface area contributed by atoms with E-state index in [9.17, 15) is 0 Å². The van der Waals surface area contributed by atoms with Crippen molar-refractivity contribution in [3.05, 3.63) is 53.3 Å². The van der Waals surface area contributed by atoms with Gasteiger partial charge in [0.05, 0.1) is 16.6 Å². The van der Waals surface area contributed by atoms with E-state index >= 15 is 0 Å². The maximum atomic E-state index is 6.18. The van der Waals surface area contributed by atoms with Crippen LogP contribution < -0.4 is 11.1 Å². The molecule has 0 fully saturated rings. The van der Waals surface area contributed by atoms with Crippen LogP contribution in [0.4, 0.5) is 11.6 Å². The fourth-order valence-corrected chi connectivity index (χ4v) is 3.29. The van der Waals surface area contributed by atoms with E-state index in [2.05, 4.69) is 34.1 Å². The molecule has 5 nitrogen and oxygen atoms in total. The molecule has 0 spiro atoms. The molecule has 3 rings (SSSR count). The van der Waals surface area contributed by atoms with Crippen LogP contribution in [-0.4, -0.2) is 15.0 Å². The number of nitrogens with one attached hydrogen (secondary N) is 1. The van der Waals surface area contributed by atoms with Gasteiger partial charge in [-0.1, -0.05) is 19.9 Å². The van der Waals surface area contributed by atoms with Gasteiger partial charge in [-0.2, -0.15) is 0 Å². The van der Waals surface area contributed by atoms with Gasteiger partial charge in [-0.3, -0.25) is 0 Å². The van der Waals surface area contributed by atoms with E-state index in [4.69, 9.17) is 5.73 Å². The molecule has 0 aliphatic heterocycles. The van der Waals surface area contributed by atoms with E-state index in [0.29, 0.717) is 5.92 Å². The van der Waals surface area contributed by atoms with Crippen molar-refractivity contribution >= 4 is 23.0 Å². The second-order valence-corrected chi connectivity index (χ2v) is 7.15. The zero-order chi connectivity index (χ0) is 17.1. The van der Waals surface area contributed by atoms with Crippen molar-refractivity contribution in [1.29, 1.82) is 0 Å². The summed E-state index contributed by atoms with van der Waals surface area (Å²) < 4.78 is 0. The van der Waals surface area contributed by atoms with Crippen molar-refractivity contribution in [3.8, 4) is 10.6 Å². The van der Waals surface area contributed by atoms with Gasteiger partial charge in [0.15, 0.2) is 0 Å². The maximum absolute atomic E-state index is 6.18. The first-order chi connectivity index (χ1) is 11.5. The molecule has 0 aliphatic carbocycles. The third-order valence-electron chi connectivity index (χ3n) is 3.70. The summed E-state index contributed by atoms with van der Waals surface area (Å²) in [4.78, 5) is 14.4. The predicted molar refractivity (Wildman–Crippen MR) is 99.4 cm³/mol. The van der Waals surface area contributed by atoms with Crippen LogP contribution in [0.3, 0.4) is 0 Å². The fourth-order valence-electron chi connectivity index (χ4n) is 2.22. The number of pyridine rings is 2. The zero-order valence-corrected chi connectivity index (χ0v) is 14.8. The first kappa shape index (κ1) is 16.5. The fraction of sp³-hybridized carbons (Fsp3) is 0.278. The standard InChI is InChI=1S/C18H21N5S/c1-11(2)17(19)18-21-10-14(24-18)13-5-4-6-15(22-13)23-16-9-12(3)7-8-20-16/h4-11,17H,19H2,1-3H3,(H,20,22,23)/t17-/m0/s1. The van der Waals surface area contributed by atoms with Crippen molar-refractivity contribution in [3.63, 3.8) is 0 Å². The lowest BCUT2D eigenvalue weighted by Gasteiger charge is -2.11. The average molecular weight is 339 g/mol. The summed E-state index contributed by atoms with van der Waals surface area (Å²) in [5, 5.41) is 4.18. The first-order valence-electron chi connectivity index (χ1n) is 7.91. The molecule has 1 atom stereocenters. The van der Waals surface area contributed by atoms with E-state index in [0.717, 1.165) is 32.8 Å². The number of thiazole rings is 1. The largest absolute Gasteiger partial charge is 0.325 e. The zero-order valence-electron chi connectivity index (χ0n) is 14.0. The highest BCUT2D eigenvalue weighted by molar-refractivity contribution is 7.15. The number of hydrogen-bond acceptors (Lipinski definition) is 6. The smallest absolute Gasteiger partial charge is 0.132 e. The number of nitrogens with zero attached hydrogens (tertiary/aromatic N) is 3. The Labute approximate surface area is 146 Å². The highest BCUT2D eigenvalue weighted by atomic mass is 32.1. The quantitative estimate of drug-likeness (QED) is 0.724. The van der Waals surface area contributed by atoms with Gasteiger partial charge in [0, 0.05) is 12.4 Å². The summed E-state index contributed by atoms with van der Waals surface area (Å²) in [6.07, 6.45) is 3.63. The van der Waals surface area contributed by atoms with Crippen molar-refractivity contribution in [1.82, 2.24) is 15.0 Å². The monoisotopic (exact) mass is 339 g/mol. The molecule has 0 aromatic carbocycles. The second kappa shape index (κ2) is 7.07. The Kier molecular flexibility index (Phi) is 4.87. The molecule has 6 heteroatoms. The molecule has 3 aromatic rings. The van der Waals surface area contributed by atoms with Crippen LogP contribution in [0.5, 0.6) is 0 Å². The highest BCUT2D eigenvalue weighted by Crippen LogP contribution is 2.30. The molecule has 0 radical (unpaired) electrons. The summed E-state index contributed by atoms with van der Waals surface area (Å²) in [5.74, 6) is 1.90. The Hall–Kier alpha value is -2.31. The van der Waals surface area contributed by atoms with E-state index in [1.807, 2.05) is 43.5 Å². The summed E-state index contributed by atoms with van der Waals surface area (Å²) in [7, 11) is 0. The van der Waals surface area contributed by atoms with Crippen molar-refractivity contribution < 1.29 is 0 Å². The Bertz CT molecular complexity index is 828. The predicted octanol–water partition coefficient (Wildman–Crippen LogP) is 4.31. The van der Waals surface area contributed by atoms with Gasteiger partial charge in [-0.15, -0.1) is 11.3 Å². The topological polar surface area (TPSA) is 76.7 Å². The molecule has 3 N–H and O–H groups in total.